The van der Waals surface area contributed by atoms with Crippen LogP contribution < -0.4 is 10.9 Å². The van der Waals surface area contributed by atoms with E-state index in [1.807, 2.05) is 19.1 Å². The molecule has 19 heavy (non-hydrogen) atoms. The van der Waals surface area contributed by atoms with Gasteiger partial charge in [-0.25, -0.2) is 5.43 Å². The molecule has 1 aliphatic heterocycles. The molecule has 1 aromatic rings. The number of amides is 1. The maximum absolute atomic E-state index is 12.4. The molecule has 2 radical (unpaired) electrons. The molecule has 0 unspecified atom stereocenters. The Morgan fingerprint density at radius 3 is 2.84 bits per heavy atom. The zero-order valence-electron chi connectivity index (χ0n) is 11.4. The minimum atomic E-state index is 0.0884. The summed E-state index contributed by atoms with van der Waals surface area (Å²) in [6.07, 6.45) is 5.23. The van der Waals surface area contributed by atoms with Gasteiger partial charge in [0, 0.05) is 12.1 Å². The molecule has 3 nitrogen and oxygen atoms in total. The van der Waals surface area contributed by atoms with Gasteiger partial charge in [0.15, 0.2) is 0 Å². The van der Waals surface area contributed by atoms with Gasteiger partial charge >= 0.3 is 0 Å². The number of hydrogen-bond acceptors (Lipinski definition) is 2. The molecule has 98 valence electrons. The molecule has 1 N–H and O–H groups in total. The highest BCUT2D eigenvalue weighted by atomic mass is 16.2. The number of nitrogens with one attached hydrogen (secondary N) is 1. The number of rotatable bonds is 3. The molecular weight excluding hydrogens is 235 g/mol. The molecule has 1 aromatic carbocycles. The lowest BCUT2D eigenvalue weighted by molar-refractivity contribution is 0.0671. The summed E-state index contributed by atoms with van der Waals surface area (Å²) in [4.78, 5) is 12.4. The van der Waals surface area contributed by atoms with E-state index in [4.69, 9.17) is 7.85 Å². The van der Waals surface area contributed by atoms with Crippen molar-refractivity contribution in [2.75, 3.05) is 6.54 Å². The minimum absolute atomic E-state index is 0.0884. The van der Waals surface area contributed by atoms with Gasteiger partial charge in [-0.05, 0) is 36.8 Å². The lowest BCUT2D eigenvalue weighted by atomic mass is 9.90. The van der Waals surface area contributed by atoms with Gasteiger partial charge < -0.3 is 0 Å². The predicted octanol–water partition coefficient (Wildman–Crippen LogP) is 1.44. The molecule has 0 saturated heterocycles. The van der Waals surface area contributed by atoms with E-state index in [1.165, 1.54) is 25.7 Å². The summed E-state index contributed by atoms with van der Waals surface area (Å²) in [6.45, 7) is 3.49. The highest BCUT2D eigenvalue weighted by molar-refractivity contribution is 6.32. The fourth-order valence-corrected chi connectivity index (χ4v) is 3.28. The Morgan fingerprint density at radius 1 is 1.37 bits per heavy atom. The van der Waals surface area contributed by atoms with Crippen LogP contribution in [0.25, 0.3) is 0 Å². The van der Waals surface area contributed by atoms with Crippen molar-refractivity contribution >= 4 is 19.2 Å². The Labute approximate surface area is 115 Å². The van der Waals surface area contributed by atoms with Crippen molar-refractivity contribution in [2.45, 2.75) is 39.2 Å². The Hall–Kier alpha value is -1.29. The summed E-state index contributed by atoms with van der Waals surface area (Å²) in [7, 11) is 5.85. The van der Waals surface area contributed by atoms with Gasteiger partial charge in [-0.2, -0.15) is 0 Å². The quantitative estimate of drug-likeness (QED) is 0.828. The second-order valence-electron chi connectivity index (χ2n) is 5.78. The van der Waals surface area contributed by atoms with Crippen LogP contribution in [0.3, 0.4) is 0 Å². The van der Waals surface area contributed by atoms with Crippen LogP contribution in [-0.4, -0.2) is 25.3 Å². The van der Waals surface area contributed by atoms with Crippen LogP contribution >= 0.6 is 0 Å². The van der Waals surface area contributed by atoms with E-state index in [2.05, 4.69) is 5.43 Å². The van der Waals surface area contributed by atoms with Crippen molar-refractivity contribution in [3.8, 4) is 0 Å². The molecule has 0 spiro atoms. The zero-order chi connectivity index (χ0) is 13.4. The number of fused-ring (bicyclic) bond motifs is 1. The fraction of sp³-hybridized carbons (Fsp3) is 0.533. The van der Waals surface area contributed by atoms with Crippen LogP contribution in [0.2, 0.25) is 0 Å². The van der Waals surface area contributed by atoms with Gasteiger partial charge in [0.25, 0.3) is 5.91 Å². The molecule has 1 saturated carbocycles. The number of aryl methyl sites for hydroxylation is 1. The van der Waals surface area contributed by atoms with Crippen molar-refractivity contribution < 1.29 is 4.79 Å². The van der Waals surface area contributed by atoms with Crippen molar-refractivity contribution in [1.82, 2.24) is 10.4 Å². The average molecular weight is 254 g/mol. The smallest absolute Gasteiger partial charge is 0.268 e. The second-order valence-corrected chi connectivity index (χ2v) is 5.78. The minimum Gasteiger partial charge on any atom is -0.269 e. The number of nitrogens with zero attached hydrogens (tertiary/aromatic N) is 1. The first-order chi connectivity index (χ1) is 9.15. The van der Waals surface area contributed by atoms with Gasteiger partial charge in [0.1, 0.15) is 7.85 Å². The van der Waals surface area contributed by atoms with Crippen LogP contribution in [0, 0.1) is 12.8 Å². The summed E-state index contributed by atoms with van der Waals surface area (Å²) < 4.78 is 0. The van der Waals surface area contributed by atoms with Crippen molar-refractivity contribution in [1.29, 1.82) is 0 Å². The molecule has 1 heterocycles. The molecule has 1 amide bonds. The number of hydrazine groups is 1. The molecule has 4 heteroatoms. The Morgan fingerprint density at radius 2 is 2.11 bits per heavy atom. The first kappa shape index (κ1) is 12.7. The topological polar surface area (TPSA) is 32.3 Å². The summed E-state index contributed by atoms with van der Waals surface area (Å²) >= 11 is 0. The standard InChI is InChI=1S/C15H19BN2O/c1-10-6-13(16)7-12-9-18(15(19)14(10)12)17-8-11-4-2-3-5-11/h6-7,11,17H,2-5,8-9H2,1H3. The highest BCUT2D eigenvalue weighted by Crippen LogP contribution is 2.26. The van der Waals surface area contributed by atoms with Gasteiger partial charge in [-0.1, -0.05) is 30.4 Å². The molecule has 1 fully saturated rings. The van der Waals surface area contributed by atoms with E-state index >= 15 is 0 Å². The third-order valence-electron chi connectivity index (χ3n) is 4.27. The van der Waals surface area contributed by atoms with Crippen molar-refractivity contribution in [2.24, 2.45) is 5.92 Å². The van der Waals surface area contributed by atoms with E-state index in [0.717, 1.165) is 34.6 Å². The second kappa shape index (κ2) is 5.01. The first-order valence-corrected chi connectivity index (χ1v) is 7.09. The molecule has 0 bridgehead atoms. The van der Waals surface area contributed by atoms with Gasteiger partial charge in [-0.3, -0.25) is 9.80 Å². The molecule has 3 rings (SSSR count). The lowest BCUT2D eigenvalue weighted by Gasteiger charge is -2.19. The van der Waals surface area contributed by atoms with Gasteiger partial charge in [0.05, 0.1) is 6.54 Å². The van der Waals surface area contributed by atoms with Crippen LogP contribution in [-0.2, 0) is 6.54 Å². The molecule has 0 atom stereocenters. The fourth-order valence-electron chi connectivity index (χ4n) is 3.28. The van der Waals surface area contributed by atoms with E-state index in [-0.39, 0.29) is 5.91 Å². The number of carbonyl (C=O) groups excluding carboxylic acids is 1. The van der Waals surface area contributed by atoms with Gasteiger partial charge in [0.2, 0.25) is 0 Å². The van der Waals surface area contributed by atoms with Crippen LogP contribution in [0.4, 0.5) is 0 Å². The predicted molar refractivity (Wildman–Crippen MR) is 76.4 cm³/mol. The van der Waals surface area contributed by atoms with Crippen LogP contribution in [0.5, 0.6) is 0 Å². The highest BCUT2D eigenvalue weighted by Gasteiger charge is 2.29. The van der Waals surface area contributed by atoms with E-state index < -0.39 is 0 Å². The summed E-state index contributed by atoms with van der Waals surface area (Å²) in [5.74, 6) is 0.813. The molecule has 0 aromatic heterocycles. The lowest BCUT2D eigenvalue weighted by Crippen LogP contribution is -2.40. The normalized spacial score (nSPS) is 19.2. The van der Waals surface area contributed by atoms with Crippen molar-refractivity contribution in [3.05, 3.63) is 28.8 Å². The maximum atomic E-state index is 12.4. The van der Waals surface area contributed by atoms with E-state index in [1.54, 1.807) is 5.01 Å². The van der Waals surface area contributed by atoms with Crippen LogP contribution in [0.1, 0.15) is 47.2 Å². The number of benzene rings is 1. The van der Waals surface area contributed by atoms with Crippen molar-refractivity contribution in [3.63, 3.8) is 0 Å². The third-order valence-corrected chi connectivity index (χ3v) is 4.27. The third kappa shape index (κ3) is 2.41. The molecular formula is C15H19BN2O. The Kier molecular flexibility index (Phi) is 3.36. The maximum Gasteiger partial charge on any atom is 0.268 e. The van der Waals surface area contributed by atoms with E-state index in [0.29, 0.717) is 6.54 Å². The summed E-state index contributed by atoms with van der Waals surface area (Å²) in [6, 6.07) is 3.79. The Balaban J connectivity index is 1.70. The van der Waals surface area contributed by atoms with Gasteiger partial charge in [-0.15, -0.1) is 0 Å². The Bertz CT molecular complexity index is 509. The van der Waals surface area contributed by atoms with E-state index in [9.17, 15) is 4.79 Å². The molecule has 1 aliphatic carbocycles. The SMILES string of the molecule is [B]c1cc(C)c2c(c1)CN(NCC1CCCC1)C2=O. The zero-order valence-corrected chi connectivity index (χ0v) is 11.4. The van der Waals surface area contributed by atoms with Crippen LogP contribution in [0.15, 0.2) is 12.1 Å². The first-order valence-electron chi connectivity index (χ1n) is 7.09. The largest absolute Gasteiger partial charge is 0.269 e. The monoisotopic (exact) mass is 254 g/mol. The average Bonchev–Trinajstić information content (AvgIpc) is 2.95. The number of hydrogen-bond donors (Lipinski definition) is 1. The summed E-state index contributed by atoms with van der Waals surface area (Å²) in [5.41, 5.74) is 6.89. The summed E-state index contributed by atoms with van der Waals surface area (Å²) in [5, 5.41) is 1.75. The molecule has 2 aliphatic rings. The number of carbonyl (C=O) groups is 1.